The number of hydrogen-bond acceptors (Lipinski definition) is 2. The van der Waals surface area contributed by atoms with Crippen molar-refractivity contribution in [1.82, 2.24) is 0 Å². The van der Waals surface area contributed by atoms with Crippen LogP contribution in [-0.2, 0) is 4.79 Å². The lowest BCUT2D eigenvalue weighted by molar-refractivity contribution is -0.117. The minimum Gasteiger partial charge on any atom is -0.385 e. The molecular weight excluding hydrogens is 152 g/mol. The molecule has 2 heteroatoms. The molecule has 0 aliphatic heterocycles. The minimum absolute atomic E-state index is 0.0712. The van der Waals surface area contributed by atoms with Crippen molar-refractivity contribution in [3.05, 3.63) is 12.2 Å². The number of aliphatic hydroxyl groups excluding tert-OH is 1. The largest absolute Gasteiger partial charge is 0.385 e. The maximum atomic E-state index is 10.2. The van der Waals surface area contributed by atoms with Crippen molar-refractivity contribution in [3.8, 4) is 0 Å². The Bertz CT molecular complexity index is 152. The monoisotopic (exact) mass is 170 g/mol. The molecule has 70 valence electrons. The Labute approximate surface area is 74.3 Å². The number of aliphatic hydroxyl groups is 1. The molecule has 0 saturated carbocycles. The maximum absolute atomic E-state index is 10.2. The van der Waals surface area contributed by atoms with Crippen LogP contribution in [0.1, 0.15) is 33.1 Å². The Kier molecular flexibility index (Phi) is 5.64. The molecule has 0 spiro atoms. The molecule has 0 saturated heterocycles. The standard InChI is InChI=1S/C10H18O2/c1-8(2)5-4-6-9(3)10(12)7-11/h7,9-10,12H,1,4-6H2,2-3H3. The van der Waals surface area contributed by atoms with E-state index in [2.05, 4.69) is 6.58 Å². The molecule has 0 radical (unpaired) electrons. The fourth-order valence-electron chi connectivity index (χ4n) is 1.03. The molecule has 12 heavy (non-hydrogen) atoms. The van der Waals surface area contributed by atoms with Crippen molar-refractivity contribution in [2.24, 2.45) is 5.92 Å². The third-order valence-corrected chi connectivity index (χ3v) is 1.99. The second kappa shape index (κ2) is 5.95. The molecule has 0 amide bonds. The van der Waals surface area contributed by atoms with E-state index < -0.39 is 6.10 Å². The second-order valence-electron chi connectivity index (χ2n) is 3.45. The summed E-state index contributed by atoms with van der Waals surface area (Å²) in [6.45, 7) is 7.66. The summed E-state index contributed by atoms with van der Waals surface area (Å²) in [4.78, 5) is 10.2. The molecule has 0 fully saturated rings. The smallest absolute Gasteiger partial charge is 0.148 e. The first kappa shape index (κ1) is 11.4. The van der Waals surface area contributed by atoms with Crippen molar-refractivity contribution >= 4 is 6.29 Å². The summed E-state index contributed by atoms with van der Waals surface area (Å²) in [5.74, 6) is 0.0712. The van der Waals surface area contributed by atoms with Crippen LogP contribution in [-0.4, -0.2) is 17.5 Å². The Morgan fingerprint density at radius 1 is 1.67 bits per heavy atom. The fourth-order valence-corrected chi connectivity index (χ4v) is 1.03. The lowest BCUT2D eigenvalue weighted by Crippen LogP contribution is -2.18. The summed E-state index contributed by atoms with van der Waals surface area (Å²) in [7, 11) is 0. The molecule has 2 atom stereocenters. The van der Waals surface area contributed by atoms with Crippen molar-refractivity contribution in [2.45, 2.75) is 39.2 Å². The fraction of sp³-hybridized carbons (Fsp3) is 0.700. The van der Waals surface area contributed by atoms with E-state index in [1.807, 2.05) is 13.8 Å². The van der Waals surface area contributed by atoms with Crippen LogP contribution in [0.15, 0.2) is 12.2 Å². The van der Waals surface area contributed by atoms with E-state index in [9.17, 15) is 4.79 Å². The summed E-state index contributed by atoms with van der Waals surface area (Å²) >= 11 is 0. The molecule has 2 nitrogen and oxygen atoms in total. The van der Waals surface area contributed by atoms with Crippen LogP contribution in [0.4, 0.5) is 0 Å². The van der Waals surface area contributed by atoms with Gasteiger partial charge in [0.15, 0.2) is 0 Å². The highest BCUT2D eigenvalue weighted by Crippen LogP contribution is 2.13. The molecule has 0 bridgehead atoms. The highest BCUT2D eigenvalue weighted by Gasteiger charge is 2.11. The van der Waals surface area contributed by atoms with E-state index in [0.717, 1.165) is 24.8 Å². The zero-order chi connectivity index (χ0) is 9.56. The van der Waals surface area contributed by atoms with Crippen molar-refractivity contribution < 1.29 is 9.90 Å². The topological polar surface area (TPSA) is 37.3 Å². The van der Waals surface area contributed by atoms with E-state index in [-0.39, 0.29) is 5.92 Å². The Balaban J connectivity index is 3.49. The molecule has 2 unspecified atom stereocenters. The molecule has 1 N–H and O–H groups in total. The number of allylic oxidation sites excluding steroid dienone is 1. The molecule has 0 rings (SSSR count). The Morgan fingerprint density at radius 2 is 2.25 bits per heavy atom. The Morgan fingerprint density at radius 3 is 2.67 bits per heavy atom. The van der Waals surface area contributed by atoms with Crippen LogP contribution >= 0.6 is 0 Å². The predicted molar refractivity (Wildman–Crippen MR) is 49.9 cm³/mol. The van der Waals surface area contributed by atoms with Gasteiger partial charge in [-0.15, -0.1) is 6.58 Å². The van der Waals surface area contributed by atoms with Crippen molar-refractivity contribution in [3.63, 3.8) is 0 Å². The van der Waals surface area contributed by atoms with Gasteiger partial charge in [-0.05, 0) is 32.1 Å². The Hall–Kier alpha value is -0.630. The van der Waals surface area contributed by atoms with E-state index in [0.29, 0.717) is 6.29 Å². The van der Waals surface area contributed by atoms with Gasteiger partial charge in [-0.3, -0.25) is 0 Å². The van der Waals surface area contributed by atoms with Gasteiger partial charge in [-0.2, -0.15) is 0 Å². The minimum atomic E-state index is -0.796. The number of rotatable bonds is 6. The van der Waals surface area contributed by atoms with E-state index in [4.69, 9.17) is 5.11 Å². The number of aldehydes is 1. The van der Waals surface area contributed by atoms with Crippen LogP contribution in [0.3, 0.4) is 0 Å². The van der Waals surface area contributed by atoms with Gasteiger partial charge in [0.05, 0.1) is 0 Å². The number of hydrogen-bond donors (Lipinski definition) is 1. The number of carbonyl (C=O) groups excluding carboxylic acids is 1. The lowest BCUT2D eigenvalue weighted by atomic mass is 9.98. The summed E-state index contributed by atoms with van der Waals surface area (Å²) in [5, 5.41) is 9.10. The molecule has 0 aromatic carbocycles. The van der Waals surface area contributed by atoms with Gasteiger partial charge in [0, 0.05) is 0 Å². The zero-order valence-electron chi connectivity index (χ0n) is 7.92. The van der Waals surface area contributed by atoms with Crippen molar-refractivity contribution in [2.75, 3.05) is 0 Å². The van der Waals surface area contributed by atoms with E-state index in [1.54, 1.807) is 0 Å². The number of carbonyl (C=O) groups is 1. The molecule has 0 aromatic rings. The van der Waals surface area contributed by atoms with Gasteiger partial charge < -0.3 is 9.90 Å². The zero-order valence-corrected chi connectivity index (χ0v) is 7.92. The van der Waals surface area contributed by atoms with Crippen LogP contribution in [0.25, 0.3) is 0 Å². The van der Waals surface area contributed by atoms with Gasteiger partial charge in [-0.25, -0.2) is 0 Å². The van der Waals surface area contributed by atoms with Gasteiger partial charge in [0.1, 0.15) is 12.4 Å². The van der Waals surface area contributed by atoms with Crippen LogP contribution in [0, 0.1) is 5.92 Å². The predicted octanol–water partition coefficient (Wildman–Crippen LogP) is 1.93. The normalized spacial score (nSPS) is 15.2. The molecular formula is C10H18O2. The van der Waals surface area contributed by atoms with Gasteiger partial charge in [-0.1, -0.05) is 12.5 Å². The SMILES string of the molecule is C=C(C)CCCC(C)C(O)C=O. The van der Waals surface area contributed by atoms with Crippen molar-refractivity contribution in [1.29, 1.82) is 0 Å². The first-order valence-corrected chi connectivity index (χ1v) is 4.35. The van der Waals surface area contributed by atoms with Crippen LogP contribution in [0.5, 0.6) is 0 Å². The van der Waals surface area contributed by atoms with Gasteiger partial charge >= 0.3 is 0 Å². The molecule has 0 heterocycles. The lowest BCUT2D eigenvalue weighted by Gasteiger charge is -2.12. The van der Waals surface area contributed by atoms with E-state index >= 15 is 0 Å². The highest BCUT2D eigenvalue weighted by molar-refractivity contribution is 5.55. The quantitative estimate of drug-likeness (QED) is 0.488. The first-order chi connectivity index (χ1) is 5.57. The third-order valence-electron chi connectivity index (χ3n) is 1.99. The van der Waals surface area contributed by atoms with Gasteiger partial charge in [0.25, 0.3) is 0 Å². The van der Waals surface area contributed by atoms with E-state index in [1.165, 1.54) is 0 Å². The van der Waals surface area contributed by atoms with Crippen LogP contribution < -0.4 is 0 Å². The summed E-state index contributed by atoms with van der Waals surface area (Å²) < 4.78 is 0. The average molecular weight is 170 g/mol. The average Bonchev–Trinajstić information content (AvgIpc) is 2.02. The highest BCUT2D eigenvalue weighted by atomic mass is 16.3. The summed E-state index contributed by atoms with van der Waals surface area (Å²) in [6, 6.07) is 0. The maximum Gasteiger partial charge on any atom is 0.148 e. The molecule has 0 aliphatic rings. The van der Waals surface area contributed by atoms with Crippen LogP contribution in [0.2, 0.25) is 0 Å². The third kappa shape index (κ3) is 5.08. The first-order valence-electron chi connectivity index (χ1n) is 4.35. The molecule has 0 aromatic heterocycles. The summed E-state index contributed by atoms with van der Waals surface area (Å²) in [6.07, 6.45) is 2.67. The van der Waals surface area contributed by atoms with Gasteiger partial charge in [0.2, 0.25) is 0 Å². The molecule has 0 aliphatic carbocycles. The second-order valence-corrected chi connectivity index (χ2v) is 3.45. The summed E-state index contributed by atoms with van der Waals surface area (Å²) in [5.41, 5.74) is 1.16.